The van der Waals surface area contributed by atoms with Crippen LogP contribution in [0, 0.1) is 0 Å². The van der Waals surface area contributed by atoms with Gasteiger partial charge in [0.05, 0.1) is 7.11 Å². The molecule has 1 aliphatic heterocycles. The average Bonchev–Trinajstić information content (AvgIpc) is 2.82. The van der Waals surface area contributed by atoms with Crippen LogP contribution in [-0.2, 0) is 4.79 Å². The summed E-state index contributed by atoms with van der Waals surface area (Å²) < 4.78 is 5.23. The zero-order valence-electron chi connectivity index (χ0n) is 17.8. The zero-order chi connectivity index (χ0) is 20.9. The third-order valence-electron chi connectivity index (χ3n) is 6.03. The van der Waals surface area contributed by atoms with Crippen LogP contribution in [0.15, 0.2) is 66.7 Å². The van der Waals surface area contributed by atoms with Crippen molar-refractivity contribution in [1.29, 1.82) is 0 Å². The molecule has 1 fully saturated rings. The first-order chi connectivity index (χ1) is 14.7. The number of hydrogen-bond acceptors (Lipinski definition) is 3. The summed E-state index contributed by atoms with van der Waals surface area (Å²) in [5, 5.41) is 4.67. The van der Waals surface area contributed by atoms with E-state index in [1.165, 1.54) is 22.0 Å². The molecule has 3 aromatic rings. The van der Waals surface area contributed by atoms with Gasteiger partial charge in [0.2, 0.25) is 0 Å². The average molecular weight is 405 g/mol. The first kappa shape index (κ1) is 20.2. The Labute approximate surface area is 178 Å². The van der Waals surface area contributed by atoms with Crippen molar-refractivity contribution in [1.82, 2.24) is 4.90 Å². The number of anilines is 1. The third-order valence-corrected chi connectivity index (χ3v) is 6.03. The Morgan fingerprint density at radius 1 is 0.967 bits per heavy atom. The molecular formula is C25H30N3O2+. The fraction of sp³-hybridized carbons (Fsp3) is 0.320. The van der Waals surface area contributed by atoms with Crippen molar-refractivity contribution < 1.29 is 14.8 Å². The van der Waals surface area contributed by atoms with Crippen LogP contribution in [0.1, 0.15) is 18.5 Å². The molecule has 0 radical (unpaired) electrons. The highest BCUT2D eigenvalue weighted by molar-refractivity contribution is 5.86. The lowest BCUT2D eigenvalue weighted by Gasteiger charge is -2.36. The number of methoxy groups -OCH3 is 1. The van der Waals surface area contributed by atoms with E-state index in [4.69, 9.17) is 4.74 Å². The molecule has 0 unspecified atom stereocenters. The number of hydrogen-bond donors (Lipinski definition) is 1. The minimum atomic E-state index is 0.219. The summed E-state index contributed by atoms with van der Waals surface area (Å²) in [5.74, 6) is 1.08. The second-order valence-corrected chi connectivity index (χ2v) is 7.86. The van der Waals surface area contributed by atoms with E-state index in [1.807, 2.05) is 17.0 Å². The summed E-state index contributed by atoms with van der Waals surface area (Å²) in [6.07, 6.45) is 0. The van der Waals surface area contributed by atoms with Gasteiger partial charge in [-0.2, -0.15) is 0 Å². The monoisotopic (exact) mass is 404 g/mol. The summed E-state index contributed by atoms with van der Waals surface area (Å²) in [5.41, 5.74) is 2.46. The van der Waals surface area contributed by atoms with Crippen molar-refractivity contribution in [3.8, 4) is 5.75 Å². The minimum absolute atomic E-state index is 0.219. The van der Waals surface area contributed by atoms with E-state index < -0.39 is 0 Å². The van der Waals surface area contributed by atoms with Gasteiger partial charge in [-0.3, -0.25) is 4.79 Å². The number of quaternary nitrogens is 1. The number of carbonyl (C=O) groups excluding carboxylic acids is 1. The molecule has 1 atom stereocenters. The second kappa shape index (κ2) is 9.18. The Hall–Kier alpha value is -3.05. The normalized spacial score (nSPS) is 15.3. The molecule has 2 N–H and O–H groups in total. The molecule has 1 amide bonds. The van der Waals surface area contributed by atoms with E-state index >= 15 is 0 Å². The molecular weight excluding hydrogens is 374 g/mol. The van der Waals surface area contributed by atoms with E-state index in [9.17, 15) is 4.79 Å². The Morgan fingerprint density at radius 3 is 2.40 bits per heavy atom. The van der Waals surface area contributed by atoms with Crippen LogP contribution in [0.4, 0.5) is 5.69 Å². The Morgan fingerprint density at radius 2 is 1.67 bits per heavy atom. The fourth-order valence-corrected chi connectivity index (χ4v) is 4.19. The molecule has 1 heterocycles. The lowest BCUT2D eigenvalue weighted by molar-refractivity contribution is -0.682. The molecule has 0 aliphatic carbocycles. The van der Waals surface area contributed by atoms with Crippen LogP contribution in [0.25, 0.3) is 10.8 Å². The van der Waals surface area contributed by atoms with Gasteiger partial charge >= 0.3 is 0 Å². The van der Waals surface area contributed by atoms with Gasteiger partial charge in [-0.1, -0.05) is 42.5 Å². The van der Waals surface area contributed by atoms with Crippen molar-refractivity contribution in [3.63, 3.8) is 0 Å². The summed E-state index contributed by atoms with van der Waals surface area (Å²) in [7, 11) is 1.68. The summed E-state index contributed by atoms with van der Waals surface area (Å²) in [6.45, 7) is 5.90. The third kappa shape index (κ3) is 4.41. The summed E-state index contributed by atoms with van der Waals surface area (Å²) >= 11 is 0. The number of fused-ring (bicyclic) bond motifs is 1. The van der Waals surface area contributed by atoms with Gasteiger partial charge in [0.25, 0.3) is 5.91 Å². The van der Waals surface area contributed by atoms with Crippen LogP contribution >= 0.6 is 0 Å². The number of nitrogens with two attached hydrogens (primary N) is 1. The first-order valence-electron chi connectivity index (χ1n) is 10.6. The maximum atomic E-state index is 12.8. The van der Waals surface area contributed by atoms with Crippen LogP contribution < -0.4 is 15.0 Å². The molecule has 5 heteroatoms. The lowest BCUT2D eigenvalue weighted by atomic mass is 10.00. The number of rotatable bonds is 6. The van der Waals surface area contributed by atoms with Crippen molar-refractivity contribution in [2.45, 2.75) is 13.0 Å². The SMILES string of the molecule is COc1ccc(N2CCN(C(=O)C[NH2+][C@H](C)c3cccc4ccccc34)CC2)cc1. The molecule has 0 spiro atoms. The molecule has 3 aromatic carbocycles. The number of benzene rings is 3. The predicted molar refractivity (Wildman–Crippen MR) is 121 cm³/mol. The summed E-state index contributed by atoms with van der Waals surface area (Å²) in [6, 6.07) is 23.2. The number of ether oxygens (including phenoxy) is 1. The van der Waals surface area contributed by atoms with Crippen molar-refractivity contribution >= 4 is 22.4 Å². The van der Waals surface area contributed by atoms with Crippen LogP contribution in [0.5, 0.6) is 5.75 Å². The number of nitrogens with zero attached hydrogens (tertiary/aromatic N) is 2. The maximum absolute atomic E-state index is 12.8. The summed E-state index contributed by atoms with van der Waals surface area (Å²) in [4.78, 5) is 17.1. The Balaban J connectivity index is 1.30. The second-order valence-electron chi connectivity index (χ2n) is 7.86. The molecule has 156 valence electrons. The number of carbonyl (C=O) groups is 1. The van der Waals surface area contributed by atoms with E-state index in [-0.39, 0.29) is 11.9 Å². The predicted octanol–water partition coefficient (Wildman–Crippen LogP) is 2.82. The first-order valence-corrected chi connectivity index (χ1v) is 10.6. The topological polar surface area (TPSA) is 49.4 Å². The van der Waals surface area contributed by atoms with E-state index in [0.29, 0.717) is 6.54 Å². The zero-order valence-corrected chi connectivity index (χ0v) is 17.8. The molecule has 30 heavy (non-hydrogen) atoms. The van der Waals surface area contributed by atoms with Gasteiger partial charge in [0, 0.05) is 37.4 Å². The molecule has 4 rings (SSSR count). The van der Waals surface area contributed by atoms with Gasteiger partial charge in [-0.05, 0) is 42.0 Å². The standard InChI is InChI=1S/C25H29N3O2/c1-19(23-9-5-7-20-6-3-4-8-24(20)23)26-18-25(29)28-16-14-27(15-17-28)21-10-12-22(30-2)13-11-21/h3-13,19,26H,14-18H2,1-2H3/p+1/t19-/m1/s1. The molecule has 5 nitrogen and oxygen atoms in total. The van der Waals surface area contributed by atoms with Crippen LogP contribution in [-0.4, -0.2) is 50.6 Å². The van der Waals surface area contributed by atoms with Gasteiger partial charge in [-0.25, -0.2) is 0 Å². The Bertz CT molecular complexity index is 989. The van der Waals surface area contributed by atoms with E-state index in [0.717, 1.165) is 31.9 Å². The fourth-order valence-electron chi connectivity index (χ4n) is 4.19. The minimum Gasteiger partial charge on any atom is -0.497 e. The quantitative estimate of drug-likeness (QED) is 0.687. The van der Waals surface area contributed by atoms with Crippen molar-refractivity contribution in [2.75, 3.05) is 44.7 Å². The molecule has 0 aromatic heterocycles. The molecule has 1 saturated heterocycles. The van der Waals surface area contributed by atoms with E-state index in [2.05, 4.69) is 71.7 Å². The number of piperazine rings is 1. The lowest BCUT2D eigenvalue weighted by Crippen LogP contribution is -2.87. The Kier molecular flexibility index (Phi) is 6.19. The van der Waals surface area contributed by atoms with Gasteiger partial charge in [0.1, 0.15) is 11.8 Å². The van der Waals surface area contributed by atoms with Gasteiger partial charge in [-0.15, -0.1) is 0 Å². The van der Waals surface area contributed by atoms with Crippen molar-refractivity contribution in [3.05, 3.63) is 72.3 Å². The van der Waals surface area contributed by atoms with Crippen LogP contribution in [0.3, 0.4) is 0 Å². The smallest absolute Gasteiger partial charge is 0.277 e. The molecule has 1 aliphatic rings. The largest absolute Gasteiger partial charge is 0.497 e. The number of amides is 1. The highest BCUT2D eigenvalue weighted by atomic mass is 16.5. The van der Waals surface area contributed by atoms with Crippen LogP contribution in [0.2, 0.25) is 0 Å². The van der Waals surface area contributed by atoms with E-state index in [1.54, 1.807) is 7.11 Å². The molecule has 0 bridgehead atoms. The van der Waals surface area contributed by atoms with Gasteiger partial charge < -0.3 is 19.9 Å². The molecule has 0 saturated carbocycles. The maximum Gasteiger partial charge on any atom is 0.277 e. The van der Waals surface area contributed by atoms with Crippen molar-refractivity contribution in [2.24, 2.45) is 0 Å². The van der Waals surface area contributed by atoms with Gasteiger partial charge in [0.15, 0.2) is 6.54 Å². The highest BCUT2D eigenvalue weighted by Crippen LogP contribution is 2.22. The highest BCUT2D eigenvalue weighted by Gasteiger charge is 2.23.